The van der Waals surface area contributed by atoms with Crippen LogP contribution in [0.4, 0.5) is 0 Å². The molecule has 2 heterocycles. The molecule has 0 bridgehead atoms. The van der Waals surface area contributed by atoms with Gasteiger partial charge in [0.2, 0.25) is 0 Å². The lowest BCUT2D eigenvalue weighted by atomic mass is 10.2. The predicted octanol–water partition coefficient (Wildman–Crippen LogP) is 5.35. The molecule has 20 heavy (non-hydrogen) atoms. The summed E-state index contributed by atoms with van der Waals surface area (Å²) in [5.74, 6) is 0. The molecule has 0 N–H and O–H groups in total. The number of benzene rings is 1. The van der Waals surface area contributed by atoms with Crippen molar-refractivity contribution in [3.8, 4) is 11.4 Å². The zero-order valence-electron chi connectivity index (χ0n) is 12.7. The zero-order valence-corrected chi connectivity index (χ0v) is 12.7. The Bertz CT molecular complexity index is 618. The van der Waals surface area contributed by atoms with Gasteiger partial charge in [-0.3, -0.25) is 4.98 Å². The molecule has 3 aromatic rings. The van der Waals surface area contributed by atoms with Crippen molar-refractivity contribution in [2.45, 2.75) is 27.7 Å². The van der Waals surface area contributed by atoms with E-state index in [9.17, 15) is 0 Å². The molecule has 0 spiro atoms. The largest absolute Gasteiger partial charge is 0.255 e. The first-order valence-corrected chi connectivity index (χ1v) is 7.21. The molecule has 1 aromatic carbocycles. The van der Waals surface area contributed by atoms with E-state index in [2.05, 4.69) is 22.1 Å². The lowest BCUT2D eigenvalue weighted by molar-refractivity contribution is 1.28. The van der Waals surface area contributed by atoms with E-state index in [-0.39, 0.29) is 0 Å². The Balaban J connectivity index is 0.000000461. The minimum atomic E-state index is 0.910. The summed E-state index contributed by atoms with van der Waals surface area (Å²) in [5, 5.41) is 1.15. The average Bonchev–Trinajstić information content (AvgIpc) is 2.59. The normalized spacial score (nSPS) is 9.00. The van der Waals surface area contributed by atoms with Crippen LogP contribution in [0.3, 0.4) is 0 Å². The fraction of sp³-hybridized carbons (Fsp3) is 0.222. The molecule has 0 fully saturated rings. The highest BCUT2D eigenvalue weighted by Gasteiger charge is 2.00. The van der Waals surface area contributed by atoms with Gasteiger partial charge < -0.3 is 0 Å². The monoisotopic (exact) mass is 266 g/mol. The molecule has 0 radical (unpaired) electrons. The van der Waals surface area contributed by atoms with Gasteiger partial charge in [-0.1, -0.05) is 58.0 Å². The van der Waals surface area contributed by atoms with E-state index in [4.69, 9.17) is 0 Å². The second-order valence-corrected chi connectivity index (χ2v) is 3.60. The molecular weight excluding hydrogens is 244 g/mol. The highest BCUT2D eigenvalue weighted by molar-refractivity contribution is 5.80. The molecule has 2 heteroatoms. The first-order chi connectivity index (χ1) is 9.93. The number of nitrogens with zero attached hydrogens (tertiary/aromatic N) is 2. The van der Waals surface area contributed by atoms with Crippen molar-refractivity contribution < 1.29 is 0 Å². The molecule has 0 aliphatic rings. The Morgan fingerprint density at radius 1 is 0.650 bits per heavy atom. The lowest BCUT2D eigenvalue weighted by Gasteiger charge is -2.01. The molecule has 0 aliphatic carbocycles. The SMILES string of the molecule is CC.CC.c1ccc(-c2ccc3ccccc3n2)nc1. The number of hydrogen-bond acceptors (Lipinski definition) is 2. The highest BCUT2D eigenvalue weighted by atomic mass is 14.8. The summed E-state index contributed by atoms with van der Waals surface area (Å²) in [4.78, 5) is 8.88. The second kappa shape index (κ2) is 8.81. The van der Waals surface area contributed by atoms with Crippen LogP contribution in [0, 0.1) is 0 Å². The van der Waals surface area contributed by atoms with Crippen molar-refractivity contribution in [2.75, 3.05) is 0 Å². The standard InChI is InChI=1S/C14H10N2.2C2H6/c1-2-6-12-11(5-1)8-9-14(16-12)13-7-3-4-10-15-13;2*1-2/h1-10H;2*1-2H3. The number of pyridine rings is 2. The molecule has 0 saturated heterocycles. The molecule has 3 rings (SSSR count). The predicted molar refractivity (Wildman–Crippen MR) is 87.7 cm³/mol. The third-order valence-electron chi connectivity index (χ3n) is 2.53. The summed E-state index contributed by atoms with van der Waals surface area (Å²) >= 11 is 0. The quantitative estimate of drug-likeness (QED) is 0.593. The Labute approximate surface area is 121 Å². The fourth-order valence-electron chi connectivity index (χ4n) is 1.72. The summed E-state index contributed by atoms with van der Waals surface area (Å²) < 4.78 is 0. The molecule has 0 unspecified atom stereocenters. The van der Waals surface area contributed by atoms with Crippen LogP contribution in [0.1, 0.15) is 27.7 Å². The van der Waals surface area contributed by atoms with Crippen LogP contribution in [-0.4, -0.2) is 9.97 Å². The first-order valence-electron chi connectivity index (χ1n) is 7.21. The van der Waals surface area contributed by atoms with Crippen molar-refractivity contribution in [3.63, 3.8) is 0 Å². The van der Waals surface area contributed by atoms with Crippen LogP contribution >= 0.6 is 0 Å². The maximum Gasteiger partial charge on any atom is 0.0893 e. The van der Waals surface area contributed by atoms with E-state index in [1.54, 1.807) is 6.20 Å². The maximum absolute atomic E-state index is 4.58. The van der Waals surface area contributed by atoms with Gasteiger partial charge in [0.25, 0.3) is 0 Å². The minimum Gasteiger partial charge on any atom is -0.255 e. The van der Waals surface area contributed by atoms with Crippen molar-refractivity contribution in [3.05, 3.63) is 60.8 Å². The van der Waals surface area contributed by atoms with Gasteiger partial charge in [0.15, 0.2) is 0 Å². The molecular formula is C18H22N2. The molecule has 0 atom stereocenters. The Morgan fingerprint density at radius 3 is 2.05 bits per heavy atom. The van der Waals surface area contributed by atoms with Crippen LogP contribution in [0.2, 0.25) is 0 Å². The number of rotatable bonds is 1. The molecule has 104 valence electrons. The number of para-hydroxylation sites is 1. The second-order valence-electron chi connectivity index (χ2n) is 3.60. The van der Waals surface area contributed by atoms with Gasteiger partial charge in [-0.25, -0.2) is 4.98 Å². The van der Waals surface area contributed by atoms with Crippen LogP contribution in [0.25, 0.3) is 22.3 Å². The van der Waals surface area contributed by atoms with Crippen molar-refractivity contribution in [1.82, 2.24) is 9.97 Å². The van der Waals surface area contributed by atoms with Gasteiger partial charge in [0.1, 0.15) is 0 Å². The van der Waals surface area contributed by atoms with Gasteiger partial charge >= 0.3 is 0 Å². The minimum absolute atomic E-state index is 0.910. The number of fused-ring (bicyclic) bond motifs is 1. The Hall–Kier alpha value is -2.22. The summed E-state index contributed by atoms with van der Waals surface area (Å²) in [6.07, 6.45) is 1.78. The molecule has 0 saturated carbocycles. The molecule has 2 nitrogen and oxygen atoms in total. The first kappa shape index (κ1) is 15.8. The van der Waals surface area contributed by atoms with E-state index < -0.39 is 0 Å². The van der Waals surface area contributed by atoms with Crippen molar-refractivity contribution in [1.29, 1.82) is 0 Å². The van der Waals surface area contributed by atoms with Crippen LogP contribution in [0.5, 0.6) is 0 Å². The number of hydrogen-bond donors (Lipinski definition) is 0. The van der Waals surface area contributed by atoms with E-state index in [1.165, 1.54) is 0 Å². The molecule has 0 aliphatic heterocycles. The van der Waals surface area contributed by atoms with E-state index in [1.807, 2.05) is 70.2 Å². The van der Waals surface area contributed by atoms with Crippen LogP contribution in [-0.2, 0) is 0 Å². The van der Waals surface area contributed by atoms with Gasteiger partial charge in [-0.2, -0.15) is 0 Å². The lowest BCUT2D eigenvalue weighted by Crippen LogP contribution is -1.87. The highest BCUT2D eigenvalue weighted by Crippen LogP contribution is 2.18. The van der Waals surface area contributed by atoms with E-state index in [0.717, 1.165) is 22.3 Å². The zero-order chi connectivity index (χ0) is 14.8. The van der Waals surface area contributed by atoms with Gasteiger partial charge in [-0.15, -0.1) is 0 Å². The van der Waals surface area contributed by atoms with Crippen LogP contribution in [0.15, 0.2) is 60.8 Å². The Morgan fingerprint density at radius 2 is 1.35 bits per heavy atom. The summed E-state index contributed by atoms with van der Waals surface area (Å²) in [7, 11) is 0. The molecule has 2 aromatic heterocycles. The van der Waals surface area contributed by atoms with Crippen molar-refractivity contribution in [2.24, 2.45) is 0 Å². The number of aromatic nitrogens is 2. The summed E-state index contributed by atoms with van der Waals surface area (Å²) in [5.41, 5.74) is 2.83. The summed E-state index contributed by atoms with van der Waals surface area (Å²) in [6.45, 7) is 8.00. The fourth-order valence-corrected chi connectivity index (χ4v) is 1.72. The van der Waals surface area contributed by atoms with Gasteiger partial charge in [0, 0.05) is 11.6 Å². The summed E-state index contributed by atoms with van der Waals surface area (Å²) in [6, 6.07) is 18.0. The Kier molecular flexibility index (Phi) is 6.97. The molecule has 0 amide bonds. The third kappa shape index (κ3) is 3.89. The maximum atomic E-state index is 4.58. The topological polar surface area (TPSA) is 25.8 Å². The van der Waals surface area contributed by atoms with E-state index >= 15 is 0 Å². The van der Waals surface area contributed by atoms with E-state index in [0.29, 0.717) is 0 Å². The third-order valence-corrected chi connectivity index (χ3v) is 2.53. The smallest absolute Gasteiger partial charge is 0.0893 e. The van der Waals surface area contributed by atoms with Gasteiger partial charge in [-0.05, 0) is 24.3 Å². The van der Waals surface area contributed by atoms with Gasteiger partial charge in [0.05, 0.1) is 16.9 Å². The average molecular weight is 266 g/mol. The van der Waals surface area contributed by atoms with Crippen LogP contribution < -0.4 is 0 Å². The van der Waals surface area contributed by atoms with Crippen molar-refractivity contribution >= 4 is 10.9 Å².